The molecule has 2 rings (SSSR count). The van der Waals surface area contributed by atoms with E-state index in [2.05, 4.69) is 10.5 Å². The van der Waals surface area contributed by atoms with Crippen molar-refractivity contribution in [2.75, 3.05) is 0 Å². The Morgan fingerprint density at radius 2 is 1.80 bits per heavy atom. The van der Waals surface area contributed by atoms with Crippen molar-refractivity contribution in [3.05, 3.63) is 73.8 Å². The van der Waals surface area contributed by atoms with Gasteiger partial charge in [0.15, 0.2) is 5.75 Å². The van der Waals surface area contributed by atoms with Crippen LogP contribution in [0.3, 0.4) is 0 Å². The summed E-state index contributed by atoms with van der Waals surface area (Å²) in [5, 5.41) is 34.6. The fourth-order valence-electron chi connectivity index (χ4n) is 2.00. The molecule has 0 aliphatic heterocycles. The van der Waals surface area contributed by atoms with Gasteiger partial charge in [0, 0.05) is 23.3 Å². The van der Waals surface area contributed by atoms with Gasteiger partial charge in [0.1, 0.15) is 0 Å². The number of hydrazone groups is 1. The lowest BCUT2D eigenvalue weighted by Crippen LogP contribution is -2.20. The number of carbonyl (C=O) groups is 1. The SMILES string of the molecule is O=C(Cc1ccccc1[N+](=O)[O-])NN=Cc1ccc(O)c([N+](=O)[O-])c1. The number of phenolic OH excluding ortho intramolecular Hbond substituents is 1. The molecular weight excluding hydrogens is 332 g/mol. The molecule has 0 radical (unpaired) electrons. The average Bonchev–Trinajstić information content (AvgIpc) is 2.56. The normalized spacial score (nSPS) is 10.6. The number of aromatic hydroxyl groups is 1. The first-order valence-corrected chi connectivity index (χ1v) is 6.90. The van der Waals surface area contributed by atoms with E-state index in [1.54, 1.807) is 6.07 Å². The summed E-state index contributed by atoms with van der Waals surface area (Å²) >= 11 is 0. The van der Waals surface area contributed by atoms with E-state index in [0.29, 0.717) is 0 Å². The number of phenols is 1. The van der Waals surface area contributed by atoms with Crippen LogP contribution in [-0.2, 0) is 11.2 Å². The zero-order chi connectivity index (χ0) is 18.4. The molecule has 0 unspecified atom stereocenters. The van der Waals surface area contributed by atoms with Crippen LogP contribution in [0.2, 0.25) is 0 Å². The van der Waals surface area contributed by atoms with Crippen LogP contribution in [0.4, 0.5) is 11.4 Å². The minimum absolute atomic E-state index is 0.171. The van der Waals surface area contributed by atoms with E-state index in [0.717, 1.165) is 18.3 Å². The number of rotatable bonds is 6. The number of para-hydroxylation sites is 1. The van der Waals surface area contributed by atoms with Crippen LogP contribution in [0.5, 0.6) is 5.75 Å². The summed E-state index contributed by atoms with van der Waals surface area (Å²) < 4.78 is 0. The van der Waals surface area contributed by atoms with Gasteiger partial charge in [-0.25, -0.2) is 5.43 Å². The number of nitro groups is 2. The number of amides is 1. The minimum Gasteiger partial charge on any atom is -0.502 e. The molecule has 1 amide bonds. The maximum Gasteiger partial charge on any atom is 0.311 e. The molecule has 2 aromatic carbocycles. The lowest BCUT2D eigenvalue weighted by atomic mass is 10.1. The van der Waals surface area contributed by atoms with E-state index >= 15 is 0 Å². The van der Waals surface area contributed by atoms with Gasteiger partial charge in [-0.1, -0.05) is 18.2 Å². The van der Waals surface area contributed by atoms with Crippen LogP contribution < -0.4 is 5.43 Å². The summed E-state index contributed by atoms with van der Waals surface area (Å²) in [4.78, 5) is 32.1. The average molecular weight is 344 g/mol. The largest absolute Gasteiger partial charge is 0.502 e. The van der Waals surface area contributed by atoms with Crippen LogP contribution in [0.15, 0.2) is 47.6 Å². The molecule has 2 N–H and O–H groups in total. The number of nitrogens with zero attached hydrogens (tertiary/aromatic N) is 3. The topological polar surface area (TPSA) is 148 Å². The highest BCUT2D eigenvalue weighted by Crippen LogP contribution is 2.25. The Labute approximate surface area is 140 Å². The summed E-state index contributed by atoms with van der Waals surface area (Å²) in [5.41, 5.74) is 2.05. The maximum absolute atomic E-state index is 11.8. The van der Waals surface area contributed by atoms with E-state index in [-0.39, 0.29) is 23.2 Å². The fraction of sp³-hybridized carbons (Fsp3) is 0.0667. The third kappa shape index (κ3) is 4.58. The summed E-state index contributed by atoms with van der Waals surface area (Å²) in [7, 11) is 0. The molecule has 0 aliphatic rings. The van der Waals surface area contributed by atoms with E-state index in [9.17, 15) is 30.1 Å². The van der Waals surface area contributed by atoms with Crippen LogP contribution >= 0.6 is 0 Å². The Kier molecular flexibility index (Phi) is 5.36. The van der Waals surface area contributed by atoms with Gasteiger partial charge in [-0.2, -0.15) is 5.10 Å². The molecule has 0 aliphatic carbocycles. The first kappa shape index (κ1) is 17.5. The van der Waals surface area contributed by atoms with Crippen molar-refractivity contribution in [2.24, 2.45) is 5.10 Å². The lowest BCUT2D eigenvalue weighted by molar-refractivity contribution is -0.385. The Bertz CT molecular complexity index is 865. The van der Waals surface area contributed by atoms with Crippen LogP contribution in [0.25, 0.3) is 0 Å². The highest BCUT2D eigenvalue weighted by molar-refractivity contribution is 5.84. The van der Waals surface area contributed by atoms with Gasteiger partial charge in [-0.05, 0) is 12.1 Å². The third-order valence-electron chi connectivity index (χ3n) is 3.14. The summed E-state index contributed by atoms with van der Waals surface area (Å²) in [6, 6.07) is 9.43. The molecule has 0 saturated heterocycles. The summed E-state index contributed by atoms with van der Waals surface area (Å²) in [6.45, 7) is 0. The van der Waals surface area contributed by atoms with Crippen molar-refractivity contribution < 1.29 is 19.7 Å². The van der Waals surface area contributed by atoms with E-state index in [1.807, 2.05) is 0 Å². The lowest BCUT2D eigenvalue weighted by Gasteiger charge is -2.02. The molecule has 10 heteroatoms. The Balaban J connectivity index is 2.03. The van der Waals surface area contributed by atoms with Crippen molar-refractivity contribution in [1.82, 2.24) is 5.43 Å². The highest BCUT2D eigenvalue weighted by Gasteiger charge is 2.15. The number of hydrogen-bond acceptors (Lipinski definition) is 7. The number of carbonyl (C=O) groups excluding carboxylic acids is 1. The molecule has 25 heavy (non-hydrogen) atoms. The van der Waals surface area contributed by atoms with E-state index in [1.165, 1.54) is 24.3 Å². The molecule has 0 heterocycles. The molecular formula is C15H12N4O6. The van der Waals surface area contributed by atoms with E-state index in [4.69, 9.17) is 0 Å². The predicted molar refractivity (Wildman–Crippen MR) is 87.3 cm³/mol. The molecule has 10 nitrogen and oxygen atoms in total. The quantitative estimate of drug-likeness (QED) is 0.464. The number of nitrogens with one attached hydrogen (secondary N) is 1. The second-order valence-electron chi connectivity index (χ2n) is 4.86. The van der Waals surface area contributed by atoms with Crippen LogP contribution in [0, 0.1) is 20.2 Å². The van der Waals surface area contributed by atoms with Gasteiger partial charge in [0.05, 0.1) is 22.5 Å². The van der Waals surface area contributed by atoms with Crippen molar-refractivity contribution in [3.63, 3.8) is 0 Å². The number of benzene rings is 2. The van der Waals surface area contributed by atoms with Crippen LogP contribution in [-0.4, -0.2) is 27.1 Å². The Morgan fingerprint density at radius 3 is 2.48 bits per heavy atom. The zero-order valence-corrected chi connectivity index (χ0v) is 12.7. The van der Waals surface area contributed by atoms with E-state index < -0.39 is 27.2 Å². The van der Waals surface area contributed by atoms with Gasteiger partial charge in [-0.3, -0.25) is 25.0 Å². The second kappa shape index (κ2) is 7.64. The number of hydrogen-bond donors (Lipinski definition) is 2. The molecule has 2 aromatic rings. The monoisotopic (exact) mass is 344 g/mol. The van der Waals surface area contributed by atoms with Crippen molar-refractivity contribution in [1.29, 1.82) is 0 Å². The standard InChI is InChI=1S/C15H12N4O6/c20-14-6-5-10(7-13(14)19(24)25)9-16-17-15(21)8-11-3-1-2-4-12(11)18(22)23/h1-7,9,20H,8H2,(H,17,21). The van der Waals surface area contributed by atoms with Gasteiger partial charge < -0.3 is 5.11 Å². The van der Waals surface area contributed by atoms with Crippen molar-refractivity contribution in [2.45, 2.75) is 6.42 Å². The minimum atomic E-state index is -0.750. The Morgan fingerprint density at radius 1 is 1.12 bits per heavy atom. The molecule has 0 saturated carbocycles. The summed E-state index contributed by atoms with van der Waals surface area (Å²) in [5.74, 6) is -1.07. The summed E-state index contributed by atoms with van der Waals surface area (Å²) in [6.07, 6.45) is 0.911. The second-order valence-corrected chi connectivity index (χ2v) is 4.86. The molecule has 0 bridgehead atoms. The molecule has 128 valence electrons. The Hall–Kier alpha value is -3.82. The molecule has 0 spiro atoms. The fourth-order valence-corrected chi connectivity index (χ4v) is 2.00. The first-order valence-electron chi connectivity index (χ1n) is 6.90. The van der Waals surface area contributed by atoms with Gasteiger partial charge in [0.2, 0.25) is 5.91 Å². The molecule has 0 atom stereocenters. The molecule has 0 aromatic heterocycles. The maximum atomic E-state index is 11.8. The zero-order valence-electron chi connectivity index (χ0n) is 12.7. The highest BCUT2D eigenvalue weighted by atomic mass is 16.6. The smallest absolute Gasteiger partial charge is 0.311 e. The third-order valence-corrected chi connectivity index (χ3v) is 3.14. The van der Waals surface area contributed by atoms with Gasteiger partial charge >= 0.3 is 5.69 Å². The van der Waals surface area contributed by atoms with Gasteiger partial charge in [0.25, 0.3) is 5.69 Å². The van der Waals surface area contributed by atoms with Crippen LogP contribution in [0.1, 0.15) is 11.1 Å². The van der Waals surface area contributed by atoms with Crippen molar-refractivity contribution >= 4 is 23.5 Å². The first-order chi connectivity index (χ1) is 11.9. The predicted octanol–water partition coefficient (Wildman–Crippen LogP) is 1.90. The van der Waals surface area contributed by atoms with Gasteiger partial charge in [-0.15, -0.1) is 0 Å². The number of nitro benzene ring substituents is 2. The van der Waals surface area contributed by atoms with Crippen molar-refractivity contribution in [3.8, 4) is 5.75 Å². The molecule has 0 fully saturated rings.